The van der Waals surface area contributed by atoms with Gasteiger partial charge >= 0.3 is 0 Å². The highest BCUT2D eigenvalue weighted by atomic mass is 19.1. The SMILES string of the molecule is FC1CC(CNc2ccc(-c3ccc(N4CCOCC4)cc3)nn2)(c2ccccn2)C1. The van der Waals surface area contributed by atoms with E-state index in [0.29, 0.717) is 25.2 Å². The first-order valence-electron chi connectivity index (χ1n) is 10.8. The highest BCUT2D eigenvalue weighted by Gasteiger charge is 2.47. The van der Waals surface area contributed by atoms with E-state index < -0.39 is 6.17 Å². The van der Waals surface area contributed by atoms with Crippen molar-refractivity contribution in [3.05, 3.63) is 66.5 Å². The van der Waals surface area contributed by atoms with Crippen LogP contribution in [-0.4, -0.2) is 54.2 Å². The van der Waals surface area contributed by atoms with Crippen LogP contribution in [0.5, 0.6) is 0 Å². The minimum absolute atomic E-state index is 0.281. The number of aromatic nitrogens is 3. The Balaban J connectivity index is 1.24. The Morgan fingerprint density at radius 1 is 1.00 bits per heavy atom. The van der Waals surface area contributed by atoms with E-state index in [9.17, 15) is 4.39 Å². The van der Waals surface area contributed by atoms with Crippen LogP contribution >= 0.6 is 0 Å². The van der Waals surface area contributed by atoms with Gasteiger partial charge in [0, 0.05) is 48.2 Å². The number of hydrogen-bond donors (Lipinski definition) is 1. The van der Waals surface area contributed by atoms with Crippen molar-refractivity contribution in [1.82, 2.24) is 15.2 Å². The molecule has 0 amide bonds. The van der Waals surface area contributed by atoms with E-state index >= 15 is 0 Å². The maximum atomic E-state index is 13.7. The fourth-order valence-electron chi connectivity index (χ4n) is 4.41. The van der Waals surface area contributed by atoms with E-state index in [1.165, 1.54) is 5.69 Å². The molecule has 2 aliphatic rings. The maximum Gasteiger partial charge on any atom is 0.148 e. The molecular formula is C24H26FN5O. The fraction of sp³-hybridized carbons (Fsp3) is 0.375. The van der Waals surface area contributed by atoms with Gasteiger partial charge in [-0.15, -0.1) is 10.2 Å². The van der Waals surface area contributed by atoms with Gasteiger partial charge in [0.2, 0.25) is 0 Å². The molecule has 3 heterocycles. The quantitative estimate of drug-likeness (QED) is 0.655. The maximum absolute atomic E-state index is 13.7. The number of halogens is 1. The summed E-state index contributed by atoms with van der Waals surface area (Å²) in [5.74, 6) is 0.686. The largest absolute Gasteiger partial charge is 0.378 e. The number of benzene rings is 1. The van der Waals surface area contributed by atoms with Gasteiger partial charge in [-0.1, -0.05) is 18.2 Å². The first-order chi connectivity index (χ1) is 15.2. The van der Waals surface area contributed by atoms with Gasteiger partial charge in [0.05, 0.1) is 18.9 Å². The molecule has 0 unspecified atom stereocenters. The van der Waals surface area contributed by atoms with Crippen molar-refractivity contribution in [3.63, 3.8) is 0 Å². The van der Waals surface area contributed by atoms with Gasteiger partial charge in [-0.05, 0) is 49.2 Å². The standard InChI is InChI=1S/C24H26FN5O/c25-19-15-24(16-19,22-3-1-2-10-26-22)17-27-23-9-8-21(28-29-23)18-4-6-20(7-5-18)30-11-13-31-14-12-30/h1-10,19H,11-17H2,(H,27,29). The van der Waals surface area contributed by atoms with Gasteiger partial charge < -0.3 is 15.0 Å². The summed E-state index contributed by atoms with van der Waals surface area (Å²) in [6, 6.07) is 18.1. The average molecular weight is 420 g/mol. The number of nitrogens with one attached hydrogen (secondary N) is 1. The summed E-state index contributed by atoms with van der Waals surface area (Å²) < 4.78 is 19.1. The minimum atomic E-state index is -0.766. The first-order valence-corrected chi connectivity index (χ1v) is 10.8. The van der Waals surface area contributed by atoms with Crippen molar-refractivity contribution < 1.29 is 9.13 Å². The molecule has 1 N–H and O–H groups in total. The number of alkyl halides is 1. The minimum Gasteiger partial charge on any atom is -0.378 e. The molecule has 2 aromatic heterocycles. The van der Waals surface area contributed by atoms with E-state index in [4.69, 9.17) is 4.74 Å². The molecule has 1 saturated carbocycles. The third-order valence-electron chi connectivity index (χ3n) is 6.24. The summed E-state index contributed by atoms with van der Waals surface area (Å²) >= 11 is 0. The van der Waals surface area contributed by atoms with Crippen LogP contribution in [0.25, 0.3) is 11.3 Å². The molecule has 0 radical (unpaired) electrons. The van der Waals surface area contributed by atoms with Gasteiger partial charge in [-0.3, -0.25) is 4.98 Å². The van der Waals surface area contributed by atoms with Gasteiger partial charge in [-0.2, -0.15) is 0 Å². The van der Waals surface area contributed by atoms with E-state index in [-0.39, 0.29) is 5.41 Å². The zero-order chi connectivity index (χ0) is 21.1. The summed E-state index contributed by atoms with van der Waals surface area (Å²) in [5, 5.41) is 12.1. The molecular weight excluding hydrogens is 393 g/mol. The molecule has 160 valence electrons. The number of rotatable bonds is 6. The van der Waals surface area contributed by atoms with Crippen molar-refractivity contribution in [2.45, 2.75) is 24.4 Å². The first kappa shape index (κ1) is 19.9. The normalized spacial score (nSPS) is 23.3. The van der Waals surface area contributed by atoms with E-state index in [2.05, 4.69) is 49.7 Å². The Morgan fingerprint density at radius 3 is 2.45 bits per heavy atom. The highest BCUT2D eigenvalue weighted by molar-refractivity contribution is 5.63. The van der Waals surface area contributed by atoms with E-state index in [1.54, 1.807) is 6.20 Å². The van der Waals surface area contributed by atoms with Crippen LogP contribution in [-0.2, 0) is 10.2 Å². The molecule has 1 saturated heterocycles. The third-order valence-corrected chi connectivity index (χ3v) is 6.24. The summed E-state index contributed by atoms with van der Waals surface area (Å²) in [6.07, 6.45) is 1.97. The molecule has 31 heavy (non-hydrogen) atoms. The molecule has 7 heteroatoms. The number of hydrogen-bond acceptors (Lipinski definition) is 6. The van der Waals surface area contributed by atoms with Crippen LogP contribution in [0.15, 0.2) is 60.8 Å². The van der Waals surface area contributed by atoms with Crippen molar-refractivity contribution in [3.8, 4) is 11.3 Å². The van der Waals surface area contributed by atoms with E-state index in [0.717, 1.165) is 43.3 Å². The molecule has 0 bridgehead atoms. The summed E-state index contributed by atoms with van der Waals surface area (Å²) in [6.45, 7) is 3.97. The van der Waals surface area contributed by atoms with Crippen LogP contribution in [0.1, 0.15) is 18.5 Å². The van der Waals surface area contributed by atoms with Crippen molar-refractivity contribution in [2.24, 2.45) is 0 Å². The second-order valence-electron chi connectivity index (χ2n) is 8.30. The van der Waals surface area contributed by atoms with Crippen molar-refractivity contribution >= 4 is 11.5 Å². The zero-order valence-electron chi connectivity index (χ0n) is 17.4. The van der Waals surface area contributed by atoms with Crippen LogP contribution in [0.4, 0.5) is 15.9 Å². The zero-order valence-corrected chi connectivity index (χ0v) is 17.4. The predicted octanol–water partition coefficient (Wildman–Crippen LogP) is 3.86. The predicted molar refractivity (Wildman–Crippen MR) is 119 cm³/mol. The number of ether oxygens (including phenoxy) is 1. The lowest BCUT2D eigenvalue weighted by molar-refractivity contribution is 0.0996. The Labute approximate surface area is 181 Å². The van der Waals surface area contributed by atoms with E-state index in [1.807, 2.05) is 30.3 Å². The van der Waals surface area contributed by atoms with Gasteiger partial charge in [0.25, 0.3) is 0 Å². The second kappa shape index (κ2) is 8.59. The summed E-state index contributed by atoms with van der Waals surface area (Å²) in [4.78, 5) is 6.79. The molecule has 1 aromatic carbocycles. The summed E-state index contributed by atoms with van der Waals surface area (Å²) in [7, 11) is 0. The van der Waals surface area contributed by atoms with Crippen LogP contribution in [0, 0.1) is 0 Å². The third kappa shape index (κ3) is 4.23. The lowest BCUT2D eigenvalue weighted by atomic mass is 9.65. The highest BCUT2D eigenvalue weighted by Crippen LogP contribution is 2.44. The smallest absolute Gasteiger partial charge is 0.148 e. The number of nitrogens with zero attached hydrogens (tertiary/aromatic N) is 4. The Hall–Kier alpha value is -3.06. The Kier molecular flexibility index (Phi) is 5.51. The number of anilines is 2. The molecule has 1 aliphatic carbocycles. The summed E-state index contributed by atoms with van der Waals surface area (Å²) in [5.41, 5.74) is 3.70. The number of pyridine rings is 1. The van der Waals surface area contributed by atoms with Gasteiger partial charge in [0.1, 0.15) is 12.0 Å². The Bertz CT molecular complexity index is 985. The fourth-order valence-corrected chi connectivity index (χ4v) is 4.41. The molecule has 6 nitrogen and oxygen atoms in total. The molecule has 0 atom stereocenters. The topological polar surface area (TPSA) is 63.2 Å². The molecule has 0 spiro atoms. The number of morpholine rings is 1. The molecule has 1 aliphatic heterocycles. The van der Waals surface area contributed by atoms with Crippen LogP contribution in [0.3, 0.4) is 0 Å². The van der Waals surface area contributed by atoms with Crippen molar-refractivity contribution in [2.75, 3.05) is 43.1 Å². The van der Waals surface area contributed by atoms with Gasteiger partial charge in [0.15, 0.2) is 0 Å². The Morgan fingerprint density at radius 2 is 1.81 bits per heavy atom. The monoisotopic (exact) mass is 419 g/mol. The lowest BCUT2D eigenvalue weighted by Crippen LogP contribution is -2.48. The molecule has 5 rings (SSSR count). The van der Waals surface area contributed by atoms with Crippen LogP contribution < -0.4 is 10.2 Å². The molecule has 3 aromatic rings. The average Bonchev–Trinajstić information content (AvgIpc) is 2.83. The van der Waals surface area contributed by atoms with Crippen LogP contribution in [0.2, 0.25) is 0 Å². The second-order valence-corrected chi connectivity index (χ2v) is 8.30. The van der Waals surface area contributed by atoms with Crippen molar-refractivity contribution in [1.29, 1.82) is 0 Å². The lowest BCUT2D eigenvalue weighted by Gasteiger charge is -2.43. The van der Waals surface area contributed by atoms with Gasteiger partial charge in [-0.25, -0.2) is 4.39 Å². The molecule has 2 fully saturated rings.